The van der Waals surface area contributed by atoms with Crippen molar-refractivity contribution in [2.75, 3.05) is 18.5 Å². The van der Waals surface area contributed by atoms with E-state index in [0.29, 0.717) is 36.1 Å². The zero-order chi connectivity index (χ0) is 18.3. The molecule has 1 aliphatic carbocycles. The van der Waals surface area contributed by atoms with Crippen LogP contribution in [0.4, 0.5) is 5.69 Å². The highest BCUT2D eigenvalue weighted by Gasteiger charge is 2.42. The standard InChI is InChI=1S/C20H28N2O3/c1-4-11-25-20(9-5-6-10-20)19(23)22-17-7-8-18(16(12-17)13-21)24-14-15(2)3/h7-8,12,15H,4-6,9-11,14H2,1-3H3,(H,22,23). The molecule has 1 aromatic carbocycles. The Morgan fingerprint density at radius 3 is 2.68 bits per heavy atom. The van der Waals surface area contributed by atoms with Gasteiger partial charge < -0.3 is 14.8 Å². The second-order valence-corrected chi connectivity index (χ2v) is 7.03. The lowest BCUT2D eigenvalue weighted by atomic mass is 10.0. The van der Waals surface area contributed by atoms with Crippen molar-refractivity contribution < 1.29 is 14.3 Å². The van der Waals surface area contributed by atoms with Gasteiger partial charge in [0.25, 0.3) is 5.91 Å². The topological polar surface area (TPSA) is 71.3 Å². The van der Waals surface area contributed by atoms with Gasteiger partial charge in [-0.05, 0) is 56.2 Å². The third-order valence-electron chi connectivity index (χ3n) is 4.34. The van der Waals surface area contributed by atoms with Gasteiger partial charge >= 0.3 is 0 Å². The van der Waals surface area contributed by atoms with Crippen LogP contribution in [-0.4, -0.2) is 24.7 Å². The number of nitrogens with zero attached hydrogens (tertiary/aromatic N) is 1. The number of anilines is 1. The van der Waals surface area contributed by atoms with Crippen molar-refractivity contribution in [3.63, 3.8) is 0 Å². The van der Waals surface area contributed by atoms with Crippen LogP contribution in [0.2, 0.25) is 0 Å². The smallest absolute Gasteiger partial charge is 0.256 e. The second-order valence-electron chi connectivity index (χ2n) is 7.03. The fourth-order valence-corrected chi connectivity index (χ4v) is 3.00. The molecule has 25 heavy (non-hydrogen) atoms. The maximum absolute atomic E-state index is 12.8. The largest absolute Gasteiger partial charge is 0.492 e. The molecule has 0 radical (unpaired) electrons. The van der Waals surface area contributed by atoms with Gasteiger partial charge in [0, 0.05) is 12.3 Å². The number of carbonyl (C=O) groups excluding carboxylic acids is 1. The van der Waals surface area contributed by atoms with Crippen LogP contribution in [0, 0.1) is 17.2 Å². The number of benzene rings is 1. The van der Waals surface area contributed by atoms with Crippen molar-refractivity contribution in [1.82, 2.24) is 0 Å². The lowest BCUT2D eigenvalue weighted by Gasteiger charge is -2.28. The number of ether oxygens (including phenoxy) is 2. The van der Waals surface area contributed by atoms with Crippen molar-refractivity contribution in [2.24, 2.45) is 5.92 Å². The Morgan fingerprint density at radius 1 is 1.36 bits per heavy atom. The molecule has 5 heteroatoms. The molecule has 1 fully saturated rings. The average Bonchev–Trinajstić information content (AvgIpc) is 3.08. The van der Waals surface area contributed by atoms with E-state index in [0.717, 1.165) is 32.1 Å². The summed E-state index contributed by atoms with van der Waals surface area (Å²) in [7, 11) is 0. The first-order valence-corrected chi connectivity index (χ1v) is 9.13. The maximum atomic E-state index is 12.8. The van der Waals surface area contributed by atoms with Crippen LogP contribution in [0.1, 0.15) is 58.4 Å². The highest BCUT2D eigenvalue weighted by Crippen LogP contribution is 2.35. The summed E-state index contributed by atoms with van der Waals surface area (Å²) in [4.78, 5) is 12.8. The number of hydrogen-bond acceptors (Lipinski definition) is 4. The van der Waals surface area contributed by atoms with Gasteiger partial charge in [0.2, 0.25) is 0 Å². The zero-order valence-corrected chi connectivity index (χ0v) is 15.4. The molecule has 1 N–H and O–H groups in total. The highest BCUT2D eigenvalue weighted by molar-refractivity contribution is 5.97. The van der Waals surface area contributed by atoms with E-state index in [1.54, 1.807) is 18.2 Å². The van der Waals surface area contributed by atoms with Gasteiger partial charge in [-0.2, -0.15) is 5.26 Å². The molecular weight excluding hydrogens is 316 g/mol. The summed E-state index contributed by atoms with van der Waals surface area (Å²) in [5, 5.41) is 12.3. The van der Waals surface area contributed by atoms with Crippen LogP contribution in [-0.2, 0) is 9.53 Å². The molecule has 1 aromatic rings. The van der Waals surface area contributed by atoms with Gasteiger partial charge in [-0.3, -0.25) is 4.79 Å². The Balaban J connectivity index is 2.11. The van der Waals surface area contributed by atoms with E-state index in [4.69, 9.17) is 9.47 Å². The monoisotopic (exact) mass is 344 g/mol. The van der Waals surface area contributed by atoms with Crippen LogP contribution in [0.25, 0.3) is 0 Å². The number of nitriles is 1. The molecule has 0 aliphatic heterocycles. The molecule has 0 bridgehead atoms. The summed E-state index contributed by atoms with van der Waals surface area (Å²) < 4.78 is 11.6. The minimum absolute atomic E-state index is 0.113. The molecular formula is C20H28N2O3. The molecule has 0 spiro atoms. The van der Waals surface area contributed by atoms with Gasteiger partial charge in [0.15, 0.2) is 0 Å². The molecule has 0 aromatic heterocycles. The van der Waals surface area contributed by atoms with Crippen LogP contribution in [0.3, 0.4) is 0 Å². The lowest BCUT2D eigenvalue weighted by Crippen LogP contribution is -2.43. The van der Waals surface area contributed by atoms with Crippen molar-refractivity contribution in [2.45, 2.75) is 58.5 Å². The number of hydrogen-bond donors (Lipinski definition) is 1. The van der Waals surface area contributed by atoms with Gasteiger partial charge in [0.1, 0.15) is 17.4 Å². The summed E-state index contributed by atoms with van der Waals surface area (Å²) >= 11 is 0. The predicted molar refractivity (Wildman–Crippen MR) is 97.6 cm³/mol. The van der Waals surface area contributed by atoms with E-state index in [9.17, 15) is 10.1 Å². The first-order chi connectivity index (χ1) is 12.0. The molecule has 1 amide bonds. The van der Waals surface area contributed by atoms with E-state index >= 15 is 0 Å². The van der Waals surface area contributed by atoms with Crippen LogP contribution >= 0.6 is 0 Å². The minimum Gasteiger partial charge on any atom is -0.492 e. The molecule has 1 saturated carbocycles. The zero-order valence-electron chi connectivity index (χ0n) is 15.4. The third kappa shape index (κ3) is 4.96. The van der Waals surface area contributed by atoms with Crippen LogP contribution < -0.4 is 10.1 Å². The minimum atomic E-state index is -0.727. The molecule has 0 unspecified atom stereocenters. The maximum Gasteiger partial charge on any atom is 0.256 e. The Morgan fingerprint density at radius 2 is 2.08 bits per heavy atom. The molecule has 1 aliphatic rings. The molecule has 0 atom stereocenters. The molecule has 0 saturated heterocycles. The SMILES string of the molecule is CCCOC1(C(=O)Nc2ccc(OCC(C)C)c(C#N)c2)CCCC1. The summed E-state index contributed by atoms with van der Waals surface area (Å²) in [5.41, 5.74) is 0.300. The normalized spacial score (nSPS) is 15.8. The van der Waals surface area contributed by atoms with Gasteiger partial charge in [-0.15, -0.1) is 0 Å². The lowest BCUT2D eigenvalue weighted by molar-refractivity contribution is -0.140. The molecule has 0 heterocycles. The first kappa shape index (κ1) is 19.3. The molecule has 136 valence electrons. The summed E-state index contributed by atoms with van der Waals surface area (Å²) in [6.45, 7) is 7.28. The Bertz CT molecular complexity index is 628. The van der Waals surface area contributed by atoms with Gasteiger partial charge in [-0.25, -0.2) is 0 Å². The van der Waals surface area contributed by atoms with Gasteiger partial charge in [0.05, 0.1) is 12.2 Å². The number of rotatable bonds is 8. The molecule has 2 rings (SSSR count). The number of nitrogens with one attached hydrogen (secondary N) is 1. The summed E-state index contributed by atoms with van der Waals surface area (Å²) in [5.74, 6) is 0.814. The Labute approximate surface area is 150 Å². The van der Waals surface area contributed by atoms with E-state index < -0.39 is 5.60 Å². The Kier molecular flexibility index (Phi) is 6.83. The van der Waals surface area contributed by atoms with E-state index in [2.05, 4.69) is 25.2 Å². The van der Waals surface area contributed by atoms with E-state index in [1.165, 1.54) is 0 Å². The summed E-state index contributed by atoms with van der Waals surface area (Å²) in [6.07, 6.45) is 4.39. The fourth-order valence-electron chi connectivity index (χ4n) is 3.00. The van der Waals surface area contributed by atoms with Crippen LogP contribution in [0.15, 0.2) is 18.2 Å². The first-order valence-electron chi connectivity index (χ1n) is 9.13. The van der Waals surface area contributed by atoms with Gasteiger partial charge in [-0.1, -0.05) is 20.8 Å². The van der Waals surface area contributed by atoms with Crippen molar-refractivity contribution in [1.29, 1.82) is 5.26 Å². The van der Waals surface area contributed by atoms with Crippen LogP contribution in [0.5, 0.6) is 5.75 Å². The van der Waals surface area contributed by atoms with E-state index in [-0.39, 0.29) is 5.91 Å². The summed E-state index contributed by atoms with van der Waals surface area (Å²) in [6, 6.07) is 7.32. The number of amides is 1. The second kappa shape index (κ2) is 8.87. The predicted octanol–water partition coefficient (Wildman–Crippen LogP) is 4.27. The third-order valence-corrected chi connectivity index (χ3v) is 4.34. The molecule has 5 nitrogen and oxygen atoms in total. The quantitative estimate of drug-likeness (QED) is 0.764. The van der Waals surface area contributed by atoms with Crippen molar-refractivity contribution in [3.05, 3.63) is 23.8 Å². The van der Waals surface area contributed by atoms with Crippen molar-refractivity contribution in [3.8, 4) is 11.8 Å². The Hall–Kier alpha value is -2.06. The van der Waals surface area contributed by atoms with E-state index in [1.807, 2.05) is 6.92 Å². The average molecular weight is 344 g/mol. The van der Waals surface area contributed by atoms with Crippen molar-refractivity contribution >= 4 is 11.6 Å². The fraction of sp³-hybridized carbons (Fsp3) is 0.600. The number of carbonyl (C=O) groups is 1. The highest BCUT2D eigenvalue weighted by atomic mass is 16.5.